The fourth-order valence-corrected chi connectivity index (χ4v) is 4.19. The van der Waals surface area contributed by atoms with E-state index in [4.69, 9.17) is 16.0 Å². The lowest BCUT2D eigenvalue weighted by Gasteiger charge is -2.23. The van der Waals surface area contributed by atoms with Crippen molar-refractivity contribution in [2.45, 2.75) is 31.7 Å². The summed E-state index contributed by atoms with van der Waals surface area (Å²) in [4.78, 5) is 0. The van der Waals surface area contributed by atoms with E-state index >= 15 is 0 Å². The third-order valence-corrected chi connectivity index (χ3v) is 5.86. The minimum atomic E-state index is -0.263. The molecule has 1 heterocycles. The molecule has 1 aliphatic rings. The van der Waals surface area contributed by atoms with Crippen LogP contribution in [0.4, 0.5) is 5.69 Å². The van der Waals surface area contributed by atoms with Gasteiger partial charge in [0.1, 0.15) is 6.04 Å². The molecule has 1 unspecified atom stereocenters. The number of aromatic nitrogens is 2. The maximum Gasteiger partial charge on any atom is 0.247 e. The van der Waals surface area contributed by atoms with E-state index in [1.54, 1.807) is 0 Å². The second-order valence-corrected chi connectivity index (χ2v) is 8.03. The van der Waals surface area contributed by atoms with Crippen molar-refractivity contribution in [2.24, 2.45) is 0 Å². The van der Waals surface area contributed by atoms with Crippen molar-refractivity contribution >= 4 is 17.3 Å². The molecule has 0 saturated heterocycles. The zero-order valence-electron chi connectivity index (χ0n) is 16.5. The largest absolute Gasteiger partial charge is 0.418 e. The Morgan fingerprint density at radius 3 is 2.47 bits per heavy atom. The number of hydrogen-bond donors (Lipinski definition) is 1. The SMILES string of the molecule is Clc1ccc(C(Nc2cccc3c2CCCC3)c2nnc(-c3ccccc3)o2)cc1. The Hall–Kier alpha value is -3.11. The number of benzene rings is 3. The number of anilines is 1. The van der Waals surface area contributed by atoms with Crippen LogP contribution in [-0.2, 0) is 12.8 Å². The Balaban J connectivity index is 1.54. The van der Waals surface area contributed by atoms with Gasteiger partial charge < -0.3 is 9.73 Å². The highest BCUT2D eigenvalue weighted by atomic mass is 35.5. The first-order valence-electron chi connectivity index (χ1n) is 10.3. The average molecular weight is 416 g/mol. The first-order valence-corrected chi connectivity index (χ1v) is 10.7. The quantitative estimate of drug-likeness (QED) is 0.405. The van der Waals surface area contributed by atoms with Gasteiger partial charge in [-0.1, -0.05) is 54.1 Å². The molecule has 0 amide bonds. The summed E-state index contributed by atoms with van der Waals surface area (Å²) < 4.78 is 6.12. The Labute approximate surface area is 180 Å². The van der Waals surface area contributed by atoms with Gasteiger partial charge in [0.2, 0.25) is 11.8 Å². The molecule has 150 valence electrons. The lowest BCUT2D eigenvalue weighted by Crippen LogP contribution is -2.16. The monoisotopic (exact) mass is 415 g/mol. The van der Waals surface area contributed by atoms with Gasteiger partial charge in [-0.15, -0.1) is 10.2 Å². The molecule has 0 saturated carbocycles. The first kappa shape index (κ1) is 18.9. The average Bonchev–Trinajstić information content (AvgIpc) is 3.29. The summed E-state index contributed by atoms with van der Waals surface area (Å²) in [5.74, 6) is 1.05. The van der Waals surface area contributed by atoms with Gasteiger partial charge in [0.05, 0.1) is 0 Å². The number of halogens is 1. The molecule has 30 heavy (non-hydrogen) atoms. The molecule has 3 aromatic carbocycles. The fourth-order valence-electron chi connectivity index (χ4n) is 4.06. The number of rotatable bonds is 5. The maximum absolute atomic E-state index is 6.13. The summed E-state index contributed by atoms with van der Waals surface area (Å²) in [6, 6.07) is 23.8. The van der Waals surface area contributed by atoms with Crippen LogP contribution >= 0.6 is 11.6 Å². The van der Waals surface area contributed by atoms with Crippen molar-refractivity contribution in [2.75, 3.05) is 5.32 Å². The number of aryl methyl sites for hydroxylation is 1. The predicted octanol–water partition coefficient (Wildman–Crippen LogP) is 6.47. The van der Waals surface area contributed by atoms with Gasteiger partial charge in [-0.25, -0.2) is 0 Å². The molecule has 0 fully saturated rings. The van der Waals surface area contributed by atoms with Gasteiger partial charge in [0.25, 0.3) is 0 Å². The van der Waals surface area contributed by atoms with Crippen molar-refractivity contribution in [3.8, 4) is 11.5 Å². The van der Waals surface area contributed by atoms with Crippen LogP contribution in [0.3, 0.4) is 0 Å². The molecule has 0 radical (unpaired) electrons. The number of fused-ring (bicyclic) bond motifs is 1. The highest BCUT2D eigenvalue weighted by Gasteiger charge is 2.23. The normalized spacial score (nSPS) is 14.2. The van der Waals surface area contributed by atoms with E-state index in [-0.39, 0.29) is 6.04 Å². The minimum absolute atomic E-state index is 0.263. The summed E-state index contributed by atoms with van der Waals surface area (Å²) in [5, 5.41) is 13.1. The van der Waals surface area contributed by atoms with Crippen LogP contribution in [0.1, 0.15) is 41.5 Å². The smallest absolute Gasteiger partial charge is 0.247 e. The summed E-state index contributed by atoms with van der Waals surface area (Å²) in [5.41, 5.74) is 5.88. The third-order valence-electron chi connectivity index (χ3n) is 5.61. The molecule has 5 rings (SSSR count). The summed E-state index contributed by atoms with van der Waals surface area (Å²) >= 11 is 6.13. The van der Waals surface area contributed by atoms with Crippen LogP contribution < -0.4 is 5.32 Å². The molecule has 5 heteroatoms. The van der Waals surface area contributed by atoms with E-state index in [1.165, 1.54) is 24.0 Å². The minimum Gasteiger partial charge on any atom is -0.418 e. The van der Waals surface area contributed by atoms with Crippen molar-refractivity contribution in [3.63, 3.8) is 0 Å². The van der Waals surface area contributed by atoms with Crippen LogP contribution in [0, 0.1) is 0 Å². The van der Waals surface area contributed by atoms with E-state index < -0.39 is 0 Å². The lowest BCUT2D eigenvalue weighted by molar-refractivity contribution is 0.494. The highest BCUT2D eigenvalue weighted by molar-refractivity contribution is 6.30. The van der Waals surface area contributed by atoms with E-state index in [2.05, 4.69) is 33.7 Å². The van der Waals surface area contributed by atoms with Crippen molar-refractivity contribution in [1.29, 1.82) is 0 Å². The Bertz CT molecular complexity index is 1140. The molecule has 0 bridgehead atoms. The predicted molar refractivity (Wildman–Crippen MR) is 120 cm³/mol. The molecule has 1 atom stereocenters. The standard InChI is InChI=1S/C25H22ClN3O/c26-20-15-13-18(14-16-20)23(25-29-28-24(30-25)19-8-2-1-3-9-19)27-22-12-6-10-17-7-4-5-11-21(17)22/h1-3,6,8-10,12-16,23,27H,4-5,7,11H2. The zero-order valence-corrected chi connectivity index (χ0v) is 17.3. The van der Waals surface area contributed by atoms with Gasteiger partial charge in [-0.2, -0.15) is 0 Å². The van der Waals surface area contributed by atoms with E-state index in [1.807, 2.05) is 54.6 Å². The molecular formula is C25H22ClN3O. The van der Waals surface area contributed by atoms with E-state index in [9.17, 15) is 0 Å². The number of nitrogens with one attached hydrogen (secondary N) is 1. The van der Waals surface area contributed by atoms with Crippen LogP contribution in [0.2, 0.25) is 5.02 Å². The topological polar surface area (TPSA) is 51.0 Å². The van der Waals surface area contributed by atoms with Crippen LogP contribution in [-0.4, -0.2) is 10.2 Å². The Kier molecular flexibility index (Phi) is 5.24. The lowest BCUT2D eigenvalue weighted by atomic mass is 9.90. The van der Waals surface area contributed by atoms with Gasteiger partial charge >= 0.3 is 0 Å². The van der Waals surface area contributed by atoms with Gasteiger partial charge in [0.15, 0.2) is 0 Å². The van der Waals surface area contributed by atoms with Crippen LogP contribution in [0.15, 0.2) is 77.2 Å². The van der Waals surface area contributed by atoms with Crippen molar-refractivity contribution in [1.82, 2.24) is 10.2 Å². The van der Waals surface area contributed by atoms with E-state index in [0.717, 1.165) is 29.7 Å². The second-order valence-electron chi connectivity index (χ2n) is 7.59. The molecule has 4 nitrogen and oxygen atoms in total. The molecule has 1 aromatic heterocycles. The number of hydrogen-bond acceptors (Lipinski definition) is 4. The second kappa shape index (κ2) is 8.33. The summed E-state index contributed by atoms with van der Waals surface area (Å²) in [7, 11) is 0. The van der Waals surface area contributed by atoms with Gasteiger partial charge in [-0.3, -0.25) is 0 Å². The van der Waals surface area contributed by atoms with Gasteiger partial charge in [0, 0.05) is 16.3 Å². The third kappa shape index (κ3) is 3.83. The summed E-state index contributed by atoms with van der Waals surface area (Å²) in [6.45, 7) is 0. The van der Waals surface area contributed by atoms with Crippen LogP contribution in [0.5, 0.6) is 0 Å². The fraction of sp³-hybridized carbons (Fsp3) is 0.200. The Morgan fingerprint density at radius 1 is 0.833 bits per heavy atom. The van der Waals surface area contributed by atoms with Crippen LogP contribution in [0.25, 0.3) is 11.5 Å². The summed E-state index contributed by atoms with van der Waals surface area (Å²) in [6.07, 6.45) is 4.69. The molecule has 1 aliphatic carbocycles. The maximum atomic E-state index is 6.13. The number of nitrogens with zero attached hydrogens (tertiary/aromatic N) is 2. The molecule has 0 spiro atoms. The molecule has 0 aliphatic heterocycles. The molecular weight excluding hydrogens is 394 g/mol. The Morgan fingerprint density at radius 2 is 1.63 bits per heavy atom. The first-order chi connectivity index (χ1) is 14.8. The van der Waals surface area contributed by atoms with Crippen molar-refractivity contribution in [3.05, 3.63) is 100 Å². The van der Waals surface area contributed by atoms with E-state index in [0.29, 0.717) is 16.8 Å². The zero-order chi connectivity index (χ0) is 20.3. The van der Waals surface area contributed by atoms with Gasteiger partial charge in [-0.05, 0) is 72.7 Å². The highest BCUT2D eigenvalue weighted by Crippen LogP contribution is 2.33. The van der Waals surface area contributed by atoms with Crippen molar-refractivity contribution < 1.29 is 4.42 Å². The molecule has 1 N–H and O–H groups in total. The molecule has 4 aromatic rings.